The van der Waals surface area contributed by atoms with Gasteiger partial charge >= 0.3 is 5.97 Å². The van der Waals surface area contributed by atoms with Crippen molar-refractivity contribution in [2.24, 2.45) is 5.92 Å². The van der Waals surface area contributed by atoms with Gasteiger partial charge in [0.2, 0.25) is 0 Å². The maximum absolute atomic E-state index is 11.0. The van der Waals surface area contributed by atoms with Gasteiger partial charge in [0.25, 0.3) is 0 Å². The Kier molecular flexibility index (Phi) is 4.90. The molecule has 0 bridgehead atoms. The van der Waals surface area contributed by atoms with Crippen LogP contribution in [0.5, 0.6) is 0 Å². The lowest BCUT2D eigenvalue weighted by Crippen LogP contribution is -2.42. The first-order valence-electron chi connectivity index (χ1n) is 4.33. The average molecular weight is 173 g/mol. The van der Waals surface area contributed by atoms with Crippen molar-refractivity contribution < 1.29 is 9.53 Å². The molecule has 72 valence electrons. The van der Waals surface area contributed by atoms with Crippen LogP contribution < -0.4 is 5.32 Å². The molecule has 0 aliphatic rings. The van der Waals surface area contributed by atoms with Crippen molar-refractivity contribution in [1.82, 2.24) is 5.32 Å². The Balaban J connectivity index is 3.83. The number of carbonyl (C=O) groups is 1. The summed E-state index contributed by atoms with van der Waals surface area (Å²) in [4.78, 5) is 11.0. The van der Waals surface area contributed by atoms with Crippen LogP contribution >= 0.6 is 0 Å². The number of carbonyl (C=O) groups excluding carboxylic acids is 1. The van der Waals surface area contributed by atoms with Crippen LogP contribution in [0, 0.1) is 5.92 Å². The number of hydrogen-bond donors (Lipinski definition) is 1. The molecule has 0 heterocycles. The molecule has 0 aromatic carbocycles. The van der Waals surface area contributed by atoms with Gasteiger partial charge in [0, 0.05) is 6.04 Å². The van der Waals surface area contributed by atoms with Crippen LogP contribution in [0.1, 0.15) is 27.7 Å². The lowest BCUT2D eigenvalue weighted by Gasteiger charge is -2.21. The Morgan fingerprint density at radius 3 is 2.08 bits per heavy atom. The minimum atomic E-state index is -0.215. The fraction of sp³-hybridized carbons (Fsp3) is 0.889. The highest BCUT2D eigenvalue weighted by molar-refractivity contribution is 5.75. The zero-order valence-electron chi connectivity index (χ0n) is 8.55. The second-order valence-corrected chi connectivity index (χ2v) is 3.44. The van der Waals surface area contributed by atoms with Crippen LogP contribution in [0.15, 0.2) is 0 Å². The molecular weight excluding hydrogens is 154 g/mol. The number of methoxy groups -OCH3 is 1. The molecule has 3 heteroatoms. The van der Waals surface area contributed by atoms with E-state index in [1.165, 1.54) is 7.11 Å². The molecule has 0 aliphatic heterocycles. The van der Waals surface area contributed by atoms with E-state index in [1.54, 1.807) is 0 Å². The third kappa shape index (κ3) is 3.72. The molecule has 0 aromatic heterocycles. The van der Waals surface area contributed by atoms with Gasteiger partial charge in [0.15, 0.2) is 0 Å². The highest BCUT2D eigenvalue weighted by atomic mass is 16.5. The molecule has 0 saturated carbocycles. The van der Waals surface area contributed by atoms with Gasteiger partial charge in [-0.1, -0.05) is 13.8 Å². The van der Waals surface area contributed by atoms with E-state index in [4.69, 9.17) is 0 Å². The molecule has 1 N–H and O–H groups in total. The van der Waals surface area contributed by atoms with Gasteiger partial charge in [-0.15, -0.1) is 0 Å². The van der Waals surface area contributed by atoms with E-state index in [2.05, 4.69) is 30.8 Å². The minimum Gasteiger partial charge on any atom is -0.468 e. The Morgan fingerprint density at radius 2 is 1.75 bits per heavy atom. The van der Waals surface area contributed by atoms with Crippen LogP contribution in [-0.2, 0) is 9.53 Å². The first-order chi connectivity index (χ1) is 5.49. The van der Waals surface area contributed by atoms with Crippen LogP contribution in [0.4, 0.5) is 0 Å². The van der Waals surface area contributed by atoms with Crippen LogP contribution in [0.3, 0.4) is 0 Å². The SMILES string of the molecule is COC(=O)[C@H](C)NC(C)C(C)C. The average Bonchev–Trinajstić information content (AvgIpc) is 2.02. The summed E-state index contributed by atoms with van der Waals surface area (Å²) in [5.41, 5.74) is 0. The number of hydrogen-bond acceptors (Lipinski definition) is 3. The highest BCUT2D eigenvalue weighted by Crippen LogP contribution is 2.01. The number of rotatable bonds is 4. The third-order valence-corrected chi connectivity index (χ3v) is 2.07. The molecule has 0 saturated heterocycles. The van der Waals surface area contributed by atoms with Gasteiger partial charge in [-0.05, 0) is 19.8 Å². The van der Waals surface area contributed by atoms with Gasteiger partial charge < -0.3 is 10.1 Å². The van der Waals surface area contributed by atoms with Crippen molar-refractivity contribution in [3.05, 3.63) is 0 Å². The monoisotopic (exact) mass is 173 g/mol. The van der Waals surface area contributed by atoms with E-state index in [9.17, 15) is 4.79 Å². The second kappa shape index (κ2) is 5.14. The lowest BCUT2D eigenvalue weighted by atomic mass is 10.1. The van der Waals surface area contributed by atoms with E-state index >= 15 is 0 Å². The second-order valence-electron chi connectivity index (χ2n) is 3.44. The summed E-state index contributed by atoms with van der Waals surface area (Å²) < 4.78 is 4.59. The first-order valence-corrected chi connectivity index (χ1v) is 4.33. The van der Waals surface area contributed by atoms with E-state index in [1.807, 2.05) is 6.92 Å². The molecule has 1 unspecified atom stereocenters. The van der Waals surface area contributed by atoms with Crippen molar-refractivity contribution in [1.29, 1.82) is 0 Å². The molecule has 0 amide bonds. The van der Waals surface area contributed by atoms with Gasteiger partial charge in [-0.2, -0.15) is 0 Å². The predicted molar refractivity (Wildman–Crippen MR) is 48.9 cm³/mol. The molecule has 12 heavy (non-hydrogen) atoms. The molecule has 0 spiro atoms. The fourth-order valence-corrected chi connectivity index (χ4v) is 0.832. The fourth-order valence-electron chi connectivity index (χ4n) is 0.832. The zero-order chi connectivity index (χ0) is 9.72. The van der Waals surface area contributed by atoms with Crippen molar-refractivity contribution in [3.8, 4) is 0 Å². The van der Waals surface area contributed by atoms with E-state index < -0.39 is 0 Å². The molecule has 0 aliphatic carbocycles. The van der Waals surface area contributed by atoms with Gasteiger partial charge in [-0.3, -0.25) is 4.79 Å². The summed E-state index contributed by atoms with van der Waals surface area (Å²) in [5, 5.41) is 3.16. The van der Waals surface area contributed by atoms with Crippen LogP contribution in [-0.4, -0.2) is 25.2 Å². The van der Waals surface area contributed by atoms with Crippen LogP contribution in [0.2, 0.25) is 0 Å². The van der Waals surface area contributed by atoms with Crippen molar-refractivity contribution in [2.45, 2.75) is 39.8 Å². The van der Waals surface area contributed by atoms with E-state index in [0.29, 0.717) is 12.0 Å². The largest absolute Gasteiger partial charge is 0.468 e. The van der Waals surface area contributed by atoms with E-state index in [-0.39, 0.29) is 12.0 Å². The van der Waals surface area contributed by atoms with Crippen molar-refractivity contribution in [2.75, 3.05) is 7.11 Å². The normalized spacial score (nSPS) is 15.8. The minimum absolute atomic E-state index is 0.206. The molecule has 2 atom stereocenters. The topological polar surface area (TPSA) is 38.3 Å². The smallest absolute Gasteiger partial charge is 0.322 e. The quantitative estimate of drug-likeness (QED) is 0.649. The standard InChI is InChI=1S/C9H19NO2/c1-6(2)7(3)10-8(4)9(11)12-5/h6-8,10H,1-5H3/t7?,8-/m0/s1. The predicted octanol–water partition coefficient (Wildman–Crippen LogP) is 1.18. The third-order valence-electron chi connectivity index (χ3n) is 2.07. The van der Waals surface area contributed by atoms with Crippen molar-refractivity contribution >= 4 is 5.97 Å². The van der Waals surface area contributed by atoms with Gasteiger partial charge in [0.05, 0.1) is 7.11 Å². The lowest BCUT2D eigenvalue weighted by molar-refractivity contribution is -0.142. The summed E-state index contributed by atoms with van der Waals surface area (Å²) in [6, 6.07) is 0.117. The Labute approximate surface area is 74.5 Å². The molecule has 0 fully saturated rings. The summed E-state index contributed by atoms with van der Waals surface area (Å²) in [5.74, 6) is 0.319. The summed E-state index contributed by atoms with van der Waals surface area (Å²) in [6.07, 6.45) is 0. The van der Waals surface area contributed by atoms with E-state index in [0.717, 1.165) is 0 Å². The summed E-state index contributed by atoms with van der Waals surface area (Å²) >= 11 is 0. The maximum Gasteiger partial charge on any atom is 0.322 e. The Bertz CT molecular complexity index is 145. The van der Waals surface area contributed by atoms with Crippen LogP contribution in [0.25, 0.3) is 0 Å². The Hall–Kier alpha value is -0.570. The Morgan fingerprint density at radius 1 is 1.25 bits per heavy atom. The first kappa shape index (κ1) is 11.4. The zero-order valence-corrected chi connectivity index (χ0v) is 8.55. The molecule has 3 nitrogen and oxygen atoms in total. The highest BCUT2D eigenvalue weighted by Gasteiger charge is 2.16. The molecule has 0 rings (SSSR count). The van der Waals surface area contributed by atoms with Gasteiger partial charge in [-0.25, -0.2) is 0 Å². The molecular formula is C9H19NO2. The summed E-state index contributed by atoms with van der Waals surface area (Å²) in [7, 11) is 1.40. The molecule has 0 aromatic rings. The maximum atomic E-state index is 11.0. The number of nitrogens with one attached hydrogen (secondary N) is 1. The molecule has 0 radical (unpaired) electrons. The van der Waals surface area contributed by atoms with Crippen molar-refractivity contribution in [3.63, 3.8) is 0 Å². The summed E-state index contributed by atoms with van der Waals surface area (Å²) in [6.45, 7) is 8.10. The number of ether oxygens (including phenoxy) is 1. The number of esters is 1. The van der Waals surface area contributed by atoms with Gasteiger partial charge in [0.1, 0.15) is 6.04 Å².